The van der Waals surface area contributed by atoms with Crippen molar-refractivity contribution in [3.05, 3.63) is 47.5 Å². The zero-order valence-electron chi connectivity index (χ0n) is 18.2. The largest absolute Gasteiger partial charge is 0.343 e. The molecule has 9 heteroatoms. The Balaban J connectivity index is 1.50. The Bertz CT molecular complexity index is 1160. The predicted octanol–water partition coefficient (Wildman–Crippen LogP) is 3.78. The van der Waals surface area contributed by atoms with Crippen LogP contribution < -0.4 is 10.0 Å². The van der Waals surface area contributed by atoms with Crippen molar-refractivity contribution in [2.75, 3.05) is 28.9 Å². The van der Waals surface area contributed by atoms with Crippen molar-refractivity contribution >= 4 is 45.0 Å². The van der Waals surface area contributed by atoms with E-state index in [9.17, 15) is 18.0 Å². The molecule has 32 heavy (non-hydrogen) atoms. The molecular formula is C23H27N3O4S2. The number of amides is 2. The Morgan fingerprint density at radius 3 is 2.59 bits per heavy atom. The molecule has 4 rings (SSSR count). The maximum Gasteiger partial charge on any atom is 0.261 e. The highest BCUT2D eigenvalue weighted by Gasteiger charge is 2.30. The molecule has 0 bridgehead atoms. The van der Waals surface area contributed by atoms with Gasteiger partial charge in [-0.2, -0.15) is 0 Å². The number of aryl methyl sites for hydroxylation is 2. The fraction of sp³-hybridized carbons (Fsp3) is 0.391. The van der Waals surface area contributed by atoms with Gasteiger partial charge in [-0.3, -0.25) is 14.3 Å². The Morgan fingerprint density at radius 1 is 1.12 bits per heavy atom. The molecule has 1 fully saturated rings. The summed E-state index contributed by atoms with van der Waals surface area (Å²) in [5.41, 5.74) is 3.02. The van der Waals surface area contributed by atoms with Crippen LogP contribution in [-0.2, 0) is 19.6 Å². The molecule has 170 valence electrons. The smallest absolute Gasteiger partial charge is 0.261 e. The number of fused-ring (bicyclic) bond motifs is 1. The lowest BCUT2D eigenvalue weighted by Gasteiger charge is -2.18. The van der Waals surface area contributed by atoms with Crippen molar-refractivity contribution in [1.82, 2.24) is 4.90 Å². The molecule has 1 atom stereocenters. The van der Waals surface area contributed by atoms with Crippen molar-refractivity contribution in [3.63, 3.8) is 0 Å². The summed E-state index contributed by atoms with van der Waals surface area (Å²) >= 11 is 1.46. The molecule has 2 aromatic rings. The molecule has 2 aliphatic heterocycles. The number of nitrogens with one attached hydrogen (secondary N) is 2. The lowest BCUT2D eigenvalue weighted by molar-refractivity contribution is -0.133. The van der Waals surface area contributed by atoms with Crippen LogP contribution >= 0.6 is 11.8 Å². The topological polar surface area (TPSA) is 95.6 Å². The molecule has 2 N–H and O–H groups in total. The highest BCUT2D eigenvalue weighted by molar-refractivity contribution is 7.99. The number of hydrogen-bond acceptors (Lipinski definition) is 5. The molecule has 0 radical (unpaired) electrons. The van der Waals surface area contributed by atoms with Crippen molar-refractivity contribution in [1.29, 1.82) is 0 Å². The molecule has 0 unspecified atom stereocenters. The minimum absolute atomic E-state index is 0.00932. The van der Waals surface area contributed by atoms with Gasteiger partial charge in [0, 0.05) is 35.8 Å². The van der Waals surface area contributed by atoms with Gasteiger partial charge in [0.1, 0.15) is 0 Å². The van der Waals surface area contributed by atoms with Gasteiger partial charge in [0.25, 0.3) is 10.0 Å². The van der Waals surface area contributed by atoms with E-state index in [1.54, 1.807) is 18.2 Å². The molecule has 0 aromatic heterocycles. The monoisotopic (exact) mass is 473 g/mol. The SMILES string of the molecule is Cc1ccc(NS(=O)(=O)c2ccc3c(c2)NC(=O)[C@H](CC(=O)N2CCCC2)CS3)cc1C. The first-order chi connectivity index (χ1) is 15.2. The highest BCUT2D eigenvalue weighted by Crippen LogP contribution is 2.35. The number of nitrogens with zero attached hydrogens (tertiary/aromatic N) is 1. The second-order valence-corrected chi connectivity index (χ2v) is 11.1. The van der Waals surface area contributed by atoms with Crippen molar-refractivity contribution in [2.24, 2.45) is 5.92 Å². The number of benzene rings is 2. The summed E-state index contributed by atoms with van der Waals surface area (Å²) in [4.78, 5) is 28.0. The van der Waals surface area contributed by atoms with E-state index < -0.39 is 15.9 Å². The molecule has 0 saturated carbocycles. The lowest BCUT2D eigenvalue weighted by atomic mass is 10.1. The van der Waals surface area contributed by atoms with E-state index in [2.05, 4.69) is 10.0 Å². The summed E-state index contributed by atoms with van der Waals surface area (Å²) in [6.07, 6.45) is 2.19. The maximum absolute atomic E-state index is 12.9. The molecule has 2 amide bonds. The summed E-state index contributed by atoms with van der Waals surface area (Å²) in [7, 11) is -3.82. The van der Waals surface area contributed by atoms with Gasteiger partial charge in [0.15, 0.2) is 0 Å². The minimum atomic E-state index is -3.82. The normalized spacial score (nSPS) is 18.6. The van der Waals surface area contributed by atoms with Crippen LogP contribution in [0, 0.1) is 19.8 Å². The fourth-order valence-electron chi connectivity index (χ4n) is 3.88. The van der Waals surface area contributed by atoms with E-state index in [0.29, 0.717) is 17.1 Å². The van der Waals surface area contributed by atoms with Gasteiger partial charge in [0.05, 0.1) is 16.5 Å². The van der Waals surface area contributed by atoms with Crippen LogP contribution in [-0.4, -0.2) is 44.0 Å². The van der Waals surface area contributed by atoms with E-state index >= 15 is 0 Å². The van der Waals surface area contributed by atoms with Crippen LogP contribution in [0.5, 0.6) is 0 Å². The van der Waals surface area contributed by atoms with Gasteiger partial charge < -0.3 is 10.2 Å². The standard InChI is InChI=1S/C23H27N3O4S2/c1-15-5-6-18(11-16(15)2)25-32(29,30)19-7-8-21-20(13-19)24-23(28)17(14-31-21)12-22(27)26-9-3-4-10-26/h5-8,11,13,17,25H,3-4,9-10,12,14H2,1-2H3,(H,24,28)/t17-/m1/s1. The van der Waals surface area contributed by atoms with Gasteiger partial charge in [-0.05, 0) is 68.1 Å². The Morgan fingerprint density at radius 2 is 1.88 bits per heavy atom. The van der Waals surface area contributed by atoms with Gasteiger partial charge in [-0.1, -0.05) is 6.07 Å². The number of sulfonamides is 1. The van der Waals surface area contributed by atoms with Crippen LogP contribution in [0.2, 0.25) is 0 Å². The molecule has 0 aliphatic carbocycles. The van der Waals surface area contributed by atoms with E-state index in [1.165, 1.54) is 23.9 Å². The third kappa shape index (κ3) is 4.94. The molecule has 0 spiro atoms. The first kappa shape index (κ1) is 22.7. The Kier molecular flexibility index (Phi) is 6.48. The molecule has 1 saturated heterocycles. The van der Waals surface area contributed by atoms with E-state index in [-0.39, 0.29) is 23.1 Å². The number of carbonyl (C=O) groups is 2. The van der Waals surface area contributed by atoms with E-state index in [4.69, 9.17) is 0 Å². The van der Waals surface area contributed by atoms with Crippen LogP contribution in [0.4, 0.5) is 11.4 Å². The number of rotatable bonds is 5. The molecule has 2 aromatic carbocycles. The number of carbonyl (C=O) groups excluding carboxylic acids is 2. The van der Waals surface area contributed by atoms with E-state index in [0.717, 1.165) is 42.0 Å². The molecule has 7 nitrogen and oxygen atoms in total. The molecule has 2 heterocycles. The van der Waals surface area contributed by atoms with Crippen LogP contribution in [0.3, 0.4) is 0 Å². The minimum Gasteiger partial charge on any atom is -0.343 e. The zero-order chi connectivity index (χ0) is 22.9. The molecular weight excluding hydrogens is 446 g/mol. The first-order valence-corrected chi connectivity index (χ1v) is 13.2. The van der Waals surface area contributed by atoms with Crippen molar-refractivity contribution in [3.8, 4) is 0 Å². The highest BCUT2D eigenvalue weighted by atomic mass is 32.2. The van der Waals surface area contributed by atoms with Gasteiger partial charge in [-0.25, -0.2) is 8.42 Å². The van der Waals surface area contributed by atoms with Crippen LogP contribution in [0.1, 0.15) is 30.4 Å². The number of thioether (sulfide) groups is 1. The summed E-state index contributed by atoms with van der Waals surface area (Å²) in [6, 6.07) is 10.1. The van der Waals surface area contributed by atoms with Crippen molar-refractivity contribution < 1.29 is 18.0 Å². The maximum atomic E-state index is 12.9. The Labute approximate surface area is 193 Å². The summed E-state index contributed by atoms with van der Waals surface area (Å²) in [5.74, 6) is -0.212. The average molecular weight is 474 g/mol. The second kappa shape index (κ2) is 9.15. The first-order valence-electron chi connectivity index (χ1n) is 10.7. The van der Waals surface area contributed by atoms with Crippen molar-refractivity contribution in [2.45, 2.75) is 42.9 Å². The predicted molar refractivity (Wildman–Crippen MR) is 126 cm³/mol. The second-order valence-electron chi connectivity index (χ2n) is 8.35. The number of anilines is 2. The van der Waals surface area contributed by atoms with Gasteiger partial charge in [-0.15, -0.1) is 11.8 Å². The van der Waals surface area contributed by atoms with Gasteiger partial charge in [0.2, 0.25) is 11.8 Å². The molecule has 2 aliphatic rings. The summed E-state index contributed by atoms with van der Waals surface area (Å²) < 4.78 is 28.5. The van der Waals surface area contributed by atoms with Gasteiger partial charge >= 0.3 is 0 Å². The fourth-order valence-corrected chi connectivity index (χ4v) is 6.03. The van der Waals surface area contributed by atoms with Crippen LogP contribution in [0.25, 0.3) is 0 Å². The summed E-state index contributed by atoms with van der Waals surface area (Å²) in [5, 5.41) is 2.84. The lowest BCUT2D eigenvalue weighted by Crippen LogP contribution is -2.33. The quantitative estimate of drug-likeness (QED) is 0.689. The Hall–Kier alpha value is -2.52. The van der Waals surface area contributed by atoms with E-state index in [1.807, 2.05) is 24.8 Å². The zero-order valence-corrected chi connectivity index (χ0v) is 19.8. The average Bonchev–Trinajstić information content (AvgIpc) is 3.24. The number of hydrogen-bond donors (Lipinski definition) is 2. The third-order valence-electron chi connectivity index (χ3n) is 5.97. The van der Waals surface area contributed by atoms with Crippen LogP contribution in [0.15, 0.2) is 46.2 Å². The summed E-state index contributed by atoms with van der Waals surface area (Å²) in [6.45, 7) is 5.41. The number of likely N-dealkylation sites (tertiary alicyclic amines) is 1. The third-order valence-corrected chi connectivity index (χ3v) is 8.58.